The molecule has 0 aromatic rings. The first-order chi connectivity index (χ1) is 8.31. The quantitative estimate of drug-likeness (QED) is 0.675. The molecule has 0 saturated heterocycles. The van der Waals surface area contributed by atoms with E-state index in [4.69, 9.17) is 5.73 Å². The first-order valence-corrected chi connectivity index (χ1v) is 6.61. The molecular weight excluding hydrogens is 230 g/mol. The van der Waals surface area contributed by atoms with Crippen LogP contribution in [0.5, 0.6) is 0 Å². The first-order valence-electron chi connectivity index (χ1n) is 6.61. The van der Waals surface area contributed by atoms with Gasteiger partial charge in [-0.1, -0.05) is 19.3 Å². The minimum absolute atomic E-state index is 0.115. The maximum absolute atomic E-state index is 12.0. The molecule has 18 heavy (non-hydrogen) atoms. The summed E-state index contributed by atoms with van der Waals surface area (Å²) >= 11 is 0. The van der Waals surface area contributed by atoms with Crippen LogP contribution in [0.3, 0.4) is 0 Å². The predicted molar refractivity (Wildman–Crippen MR) is 70.9 cm³/mol. The second-order valence-corrected chi connectivity index (χ2v) is 5.81. The lowest BCUT2D eigenvalue weighted by Gasteiger charge is -2.37. The fourth-order valence-corrected chi connectivity index (χ4v) is 2.51. The second kappa shape index (κ2) is 5.69. The van der Waals surface area contributed by atoms with Crippen molar-refractivity contribution in [2.75, 3.05) is 7.05 Å². The molecule has 1 aliphatic rings. The number of rotatable bonds is 5. The molecule has 0 aliphatic heterocycles. The van der Waals surface area contributed by atoms with E-state index in [1.807, 2.05) is 7.05 Å². The van der Waals surface area contributed by atoms with Crippen molar-refractivity contribution < 1.29 is 9.59 Å². The number of nitrogens with one attached hydrogen (secondary N) is 2. The van der Waals surface area contributed by atoms with Crippen molar-refractivity contribution in [2.24, 2.45) is 5.73 Å². The van der Waals surface area contributed by atoms with Gasteiger partial charge in [-0.2, -0.15) is 0 Å². The number of hydrogen-bond donors (Lipinski definition) is 3. The molecule has 1 aliphatic carbocycles. The van der Waals surface area contributed by atoms with Crippen molar-refractivity contribution in [3.63, 3.8) is 0 Å². The molecule has 1 rings (SSSR count). The van der Waals surface area contributed by atoms with E-state index < -0.39 is 11.4 Å². The van der Waals surface area contributed by atoms with Crippen molar-refractivity contribution in [2.45, 2.75) is 63.5 Å². The van der Waals surface area contributed by atoms with Gasteiger partial charge in [0.2, 0.25) is 11.8 Å². The summed E-state index contributed by atoms with van der Waals surface area (Å²) in [5.41, 5.74) is 4.15. The van der Waals surface area contributed by atoms with Crippen molar-refractivity contribution >= 4 is 11.8 Å². The van der Waals surface area contributed by atoms with Gasteiger partial charge >= 0.3 is 0 Å². The Morgan fingerprint density at radius 1 is 1.22 bits per heavy atom. The lowest BCUT2D eigenvalue weighted by Crippen LogP contribution is -2.56. The Morgan fingerprint density at radius 2 is 1.78 bits per heavy atom. The van der Waals surface area contributed by atoms with E-state index in [1.54, 1.807) is 13.8 Å². The Hall–Kier alpha value is -1.10. The minimum Gasteiger partial charge on any atom is -0.368 e. The summed E-state index contributed by atoms with van der Waals surface area (Å²) in [5.74, 6) is -0.631. The predicted octanol–water partition coefficient (Wildman–Crippen LogP) is 0.679. The third kappa shape index (κ3) is 3.70. The summed E-state index contributed by atoms with van der Waals surface area (Å²) in [4.78, 5) is 23.2. The lowest BCUT2D eigenvalue weighted by atomic mass is 9.79. The van der Waals surface area contributed by atoms with Gasteiger partial charge < -0.3 is 16.4 Å². The van der Waals surface area contributed by atoms with Crippen molar-refractivity contribution in [1.82, 2.24) is 10.6 Å². The van der Waals surface area contributed by atoms with Crippen molar-refractivity contribution in [1.29, 1.82) is 0 Å². The lowest BCUT2D eigenvalue weighted by molar-refractivity contribution is -0.131. The molecule has 2 amide bonds. The molecule has 0 spiro atoms. The van der Waals surface area contributed by atoms with Gasteiger partial charge in [-0.3, -0.25) is 9.59 Å². The fraction of sp³-hybridized carbons (Fsp3) is 0.846. The second-order valence-electron chi connectivity index (χ2n) is 5.81. The van der Waals surface area contributed by atoms with Crippen LogP contribution >= 0.6 is 0 Å². The van der Waals surface area contributed by atoms with Gasteiger partial charge in [0.15, 0.2) is 0 Å². The zero-order valence-electron chi connectivity index (χ0n) is 11.6. The molecule has 5 nitrogen and oxygen atoms in total. The Kier molecular flexibility index (Phi) is 4.73. The molecular formula is C13H25N3O2. The molecule has 5 heteroatoms. The van der Waals surface area contributed by atoms with Crippen LogP contribution in [0.25, 0.3) is 0 Å². The van der Waals surface area contributed by atoms with Gasteiger partial charge in [-0.25, -0.2) is 0 Å². The van der Waals surface area contributed by atoms with Crippen LogP contribution in [0.4, 0.5) is 0 Å². The number of carbonyl (C=O) groups is 2. The zero-order chi connectivity index (χ0) is 13.8. The van der Waals surface area contributed by atoms with Crippen molar-refractivity contribution in [3.05, 3.63) is 0 Å². The van der Waals surface area contributed by atoms with Crippen LogP contribution in [0.15, 0.2) is 0 Å². The van der Waals surface area contributed by atoms with E-state index in [1.165, 1.54) is 6.42 Å². The normalized spacial score (nSPS) is 19.3. The topological polar surface area (TPSA) is 84.2 Å². The highest BCUT2D eigenvalue weighted by atomic mass is 16.2. The molecule has 0 unspecified atom stereocenters. The summed E-state index contributed by atoms with van der Waals surface area (Å²) in [5, 5.41) is 5.99. The molecule has 0 atom stereocenters. The molecule has 0 heterocycles. The van der Waals surface area contributed by atoms with E-state index >= 15 is 0 Å². The Balaban J connectivity index is 2.60. The minimum atomic E-state index is -0.985. The highest BCUT2D eigenvalue weighted by Crippen LogP contribution is 2.30. The molecule has 1 saturated carbocycles. The largest absolute Gasteiger partial charge is 0.368 e. The number of nitrogens with two attached hydrogens (primary N) is 1. The van der Waals surface area contributed by atoms with Gasteiger partial charge in [0.1, 0.15) is 5.54 Å². The monoisotopic (exact) mass is 255 g/mol. The van der Waals surface area contributed by atoms with E-state index in [0.29, 0.717) is 6.42 Å². The van der Waals surface area contributed by atoms with Crippen LogP contribution in [0.1, 0.15) is 52.4 Å². The molecule has 1 fully saturated rings. The molecule has 0 radical (unpaired) electrons. The SMILES string of the molecule is CNC1(CC(=O)NC(C)(C)C(N)=O)CCCCC1. The van der Waals surface area contributed by atoms with Gasteiger partial charge in [0, 0.05) is 12.0 Å². The van der Waals surface area contributed by atoms with Gasteiger partial charge in [-0.15, -0.1) is 0 Å². The smallest absolute Gasteiger partial charge is 0.242 e. The number of primary amides is 1. The number of carbonyl (C=O) groups excluding carboxylic acids is 2. The highest BCUT2D eigenvalue weighted by molar-refractivity contribution is 5.89. The van der Waals surface area contributed by atoms with E-state index in [2.05, 4.69) is 10.6 Å². The Labute approximate surface area is 109 Å². The average Bonchev–Trinajstić information content (AvgIpc) is 2.29. The van der Waals surface area contributed by atoms with E-state index in [0.717, 1.165) is 25.7 Å². The standard InChI is InChI=1S/C13H25N3O2/c1-12(2,11(14)18)16-10(17)9-13(15-3)7-5-4-6-8-13/h15H,4-9H2,1-3H3,(H2,14,18)(H,16,17). The molecule has 0 aromatic carbocycles. The summed E-state index contributed by atoms with van der Waals surface area (Å²) in [7, 11) is 1.90. The van der Waals surface area contributed by atoms with E-state index in [-0.39, 0.29) is 11.4 Å². The van der Waals surface area contributed by atoms with Gasteiger partial charge in [-0.05, 0) is 33.7 Å². The molecule has 4 N–H and O–H groups in total. The average molecular weight is 255 g/mol. The third-order valence-electron chi connectivity index (χ3n) is 3.91. The maximum atomic E-state index is 12.0. The molecule has 0 aromatic heterocycles. The summed E-state index contributed by atoms with van der Waals surface area (Å²) in [6.07, 6.45) is 5.94. The van der Waals surface area contributed by atoms with Crippen LogP contribution in [0.2, 0.25) is 0 Å². The summed E-state index contributed by atoms with van der Waals surface area (Å²) < 4.78 is 0. The van der Waals surface area contributed by atoms with Crippen LogP contribution in [0, 0.1) is 0 Å². The van der Waals surface area contributed by atoms with Gasteiger partial charge in [0.25, 0.3) is 0 Å². The zero-order valence-corrected chi connectivity index (χ0v) is 11.6. The highest BCUT2D eigenvalue weighted by Gasteiger charge is 2.35. The van der Waals surface area contributed by atoms with Crippen LogP contribution in [-0.2, 0) is 9.59 Å². The van der Waals surface area contributed by atoms with Crippen LogP contribution in [-0.4, -0.2) is 29.9 Å². The van der Waals surface area contributed by atoms with Gasteiger partial charge in [0.05, 0.1) is 0 Å². The Bertz CT molecular complexity index is 320. The van der Waals surface area contributed by atoms with E-state index in [9.17, 15) is 9.59 Å². The number of amides is 2. The van der Waals surface area contributed by atoms with Crippen LogP contribution < -0.4 is 16.4 Å². The molecule has 0 bridgehead atoms. The van der Waals surface area contributed by atoms with Crippen molar-refractivity contribution in [3.8, 4) is 0 Å². The fourth-order valence-electron chi connectivity index (χ4n) is 2.51. The maximum Gasteiger partial charge on any atom is 0.242 e. The summed E-state index contributed by atoms with van der Waals surface area (Å²) in [6, 6.07) is 0. The Morgan fingerprint density at radius 3 is 2.22 bits per heavy atom. The third-order valence-corrected chi connectivity index (χ3v) is 3.91. The molecule has 104 valence electrons. The summed E-state index contributed by atoms with van der Waals surface area (Å²) in [6.45, 7) is 3.25. The first kappa shape index (κ1) is 15.0. The number of hydrogen-bond acceptors (Lipinski definition) is 3.